The van der Waals surface area contributed by atoms with Crippen LogP contribution in [0, 0.1) is 0 Å². The van der Waals surface area contributed by atoms with E-state index in [1.54, 1.807) is 6.92 Å². The van der Waals surface area contributed by atoms with Crippen molar-refractivity contribution in [2.45, 2.75) is 24.8 Å². The fourth-order valence-corrected chi connectivity index (χ4v) is 3.30. The van der Waals surface area contributed by atoms with E-state index in [0.29, 0.717) is 19.6 Å². The zero-order valence-electron chi connectivity index (χ0n) is 9.46. The van der Waals surface area contributed by atoms with E-state index in [1.807, 2.05) is 0 Å². The maximum Gasteiger partial charge on any atom is 0.352 e. The number of carbonyl (C=O) groups is 1. The molecule has 0 aliphatic carbocycles. The van der Waals surface area contributed by atoms with E-state index in [-0.39, 0.29) is 10.6 Å². The van der Waals surface area contributed by atoms with E-state index in [0.717, 1.165) is 6.42 Å². The molecule has 2 heterocycles. The Bertz CT molecular complexity index is 543. The predicted octanol–water partition coefficient (Wildman–Crippen LogP) is 0.601. The molecule has 1 aliphatic heterocycles. The number of carboxylic acids is 1. The largest absolute Gasteiger partial charge is 0.477 e. The van der Waals surface area contributed by atoms with Gasteiger partial charge in [0, 0.05) is 25.8 Å². The van der Waals surface area contributed by atoms with Crippen LogP contribution in [0.2, 0.25) is 0 Å². The van der Waals surface area contributed by atoms with Gasteiger partial charge in [-0.15, -0.1) is 0 Å². The summed E-state index contributed by atoms with van der Waals surface area (Å²) in [6.45, 7) is 3.23. The topological polar surface area (TPSA) is 79.6 Å². The van der Waals surface area contributed by atoms with E-state index in [4.69, 9.17) is 5.11 Å². The number of aryl methyl sites for hydroxylation is 1. The first kappa shape index (κ1) is 12.1. The fraction of sp³-hybridized carbons (Fsp3) is 0.500. The molecule has 0 amide bonds. The lowest BCUT2D eigenvalue weighted by atomic mass is 10.3. The Morgan fingerprint density at radius 2 is 2.12 bits per heavy atom. The van der Waals surface area contributed by atoms with Crippen molar-refractivity contribution >= 4 is 16.0 Å². The molecule has 0 aromatic carbocycles. The minimum absolute atomic E-state index is 0.00611. The number of aromatic nitrogens is 1. The Morgan fingerprint density at radius 3 is 2.47 bits per heavy atom. The molecule has 1 saturated heterocycles. The summed E-state index contributed by atoms with van der Waals surface area (Å²) in [6, 6.07) is 1.22. The fourth-order valence-electron chi connectivity index (χ4n) is 1.74. The summed E-state index contributed by atoms with van der Waals surface area (Å²) in [7, 11) is -3.50. The number of rotatable bonds is 4. The van der Waals surface area contributed by atoms with Crippen LogP contribution in [0.5, 0.6) is 0 Å². The van der Waals surface area contributed by atoms with Crippen molar-refractivity contribution in [3.63, 3.8) is 0 Å². The van der Waals surface area contributed by atoms with Gasteiger partial charge in [-0.1, -0.05) is 0 Å². The van der Waals surface area contributed by atoms with Crippen LogP contribution in [-0.4, -0.2) is 41.5 Å². The Kier molecular flexibility index (Phi) is 2.96. The molecule has 0 unspecified atom stereocenters. The summed E-state index contributed by atoms with van der Waals surface area (Å²) in [5.41, 5.74) is 0.00611. The third kappa shape index (κ3) is 1.96. The van der Waals surface area contributed by atoms with Crippen molar-refractivity contribution in [3.8, 4) is 0 Å². The monoisotopic (exact) mass is 258 g/mol. The Morgan fingerprint density at radius 1 is 1.47 bits per heavy atom. The highest BCUT2D eigenvalue weighted by molar-refractivity contribution is 7.89. The molecule has 94 valence electrons. The third-order valence-electron chi connectivity index (χ3n) is 2.88. The normalized spacial score (nSPS) is 16.8. The molecule has 1 aromatic heterocycles. The van der Waals surface area contributed by atoms with Crippen LogP contribution in [0.1, 0.15) is 23.8 Å². The van der Waals surface area contributed by atoms with E-state index in [9.17, 15) is 13.2 Å². The van der Waals surface area contributed by atoms with Crippen LogP contribution >= 0.6 is 0 Å². The van der Waals surface area contributed by atoms with Gasteiger partial charge in [0.15, 0.2) is 0 Å². The zero-order chi connectivity index (χ0) is 12.6. The SMILES string of the molecule is CCn1cc(S(=O)(=O)N2CCC2)cc1C(=O)O. The molecule has 1 fully saturated rings. The number of nitrogens with zero attached hydrogens (tertiary/aromatic N) is 2. The summed E-state index contributed by atoms with van der Waals surface area (Å²) >= 11 is 0. The highest BCUT2D eigenvalue weighted by Crippen LogP contribution is 2.23. The lowest BCUT2D eigenvalue weighted by Crippen LogP contribution is -2.41. The van der Waals surface area contributed by atoms with Crippen molar-refractivity contribution in [2.75, 3.05) is 13.1 Å². The summed E-state index contributed by atoms with van der Waals surface area (Å²) in [6.07, 6.45) is 2.25. The molecule has 0 atom stereocenters. The van der Waals surface area contributed by atoms with Crippen molar-refractivity contribution < 1.29 is 18.3 Å². The lowest BCUT2D eigenvalue weighted by molar-refractivity contribution is 0.0685. The van der Waals surface area contributed by atoms with Gasteiger partial charge in [0.25, 0.3) is 0 Å². The second-order valence-electron chi connectivity index (χ2n) is 3.91. The second-order valence-corrected chi connectivity index (χ2v) is 5.85. The maximum atomic E-state index is 12.0. The molecule has 17 heavy (non-hydrogen) atoms. The van der Waals surface area contributed by atoms with Gasteiger partial charge in [-0.3, -0.25) is 0 Å². The molecule has 0 spiro atoms. The molecule has 0 saturated carbocycles. The summed E-state index contributed by atoms with van der Waals surface area (Å²) in [5, 5.41) is 8.96. The van der Waals surface area contributed by atoms with Crippen LogP contribution < -0.4 is 0 Å². The van der Waals surface area contributed by atoms with Crippen LogP contribution in [-0.2, 0) is 16.6 Å². The Balaban J connectivity index is 2.43. The molecule has 0 bridgehead atoms. The number of hydrogen-bond acceptors (Lipinski definition) is 3. The first-order chi connectivity index (χ1) is 7.96. The Hall–Kier alpha value is -1.34. The first-order valence-corrected chi connectivity index (χ1v) is 6.84. The number of hydrogen-bond donors (Lipinski definition) is 1. The van der Waals surface area contributed by atoms with E-state index < -0.39 is 16.0 Å². The molecular formula is C10H14N2O4S. The van der Waals surface area contributed by atoms with Gasteiger partial charge < -0.3 is 9.67 Å². The van der Waals surface area contributed by atoms with Gasteiger partial charge in [-0.05, 0) is 19.4 Å². The highest BCUT2D eigenvalue weighted by atomic mass is 32.2. The Labute approximate surface area is 99.5 Å². The minimum atomic E-state index is -3.50. The number of carboxylic acid groups (broad SMARTS) is 1. The van der Waals surface area contributed by atoms with Crippen molar-refractivity contribution in [3.05, 3.63) is 18.0 Å². The van der Waals surface area contributed by atoms with Crippen molar-refractivity contribution in [2.24, 2.45) is 0 Å². The summed E-state index contributed by atoms with van der Waals surface area (Å²) in [4.78, 5) is 11.0. The van der Waals surface area contributed by atoms with Gasteiger partial charge in [0.2, 0.25) is 10.0 Å². The average molecular weight is 258 g/mol. The number of sulfonamides is 1. The maximum absolute atomic E-state index is 12.0. The molecule has 1 N–H and O–H groups in total. The van der Waals surface area contributed by atoms with E-state index in [1.165, 1.54) is 21.1 Å². The minimum Gasteiger partial charge on any atom is -0.477 e. The van der Waals surface area contributed by atoms with Gasteiger partial charge in [0.1, 0.15) is 10.6 Å². The highest BCUT2D eigenvalue weighted by Gasteiger charge is 2.31. The zero-order valence-corrected chi connectivity index (χ0v) is 10.3. The molecule has 1 aromatic rings. The van der Waals surface area contributed by atoms with Gasteiger partial charge in [0.05, 0.1) is 0 Å². The molecule has 1 aliphatic rings. The van der Waals surface area contributed by atoms with Gasteiger partial charge >= 0.3 is 5.97 Å². The quantitative estimate of drug-likeness (QED) is 0.857. The summed E-state index contributed by atoms with van der Waals surface area (Å²) < 4.78 is 26.9. The molecule has 6 nitrogen and oxygen atoms in total. The van der Waals surface area contributed by atoms with Crippen molar-refractivity contribution in [1.29, 1.82) is 0 Å². The average Bonchev–Trinajstić information content (AvgIpc) is 2.57. The van der Waals surface area contributed by atoms with Crippen molar-refractivity contribution in [1.82, 2.24) is 8.87 Å². The molecule has 7 heteroatoms. The van der Waals surface area contributed by atoms with Crippen LogP contribution in [0.25, 0.3) is 0 Å². The van der Waals surface area contributed by atoms with E-state index >= 15 is 0 Å². The predicted molar refractivity (Wildman–Crippen MR) is 60.4 cm³/mol. The number of aromatic carboxylic acids is 1. The molecule has 0 radical (unpaired) electrons. The molecule has 2 rings (SSSR count). The third-order valence-corrected chi connectivity index (χ3v) is 4.75. The van der Waals surface area contributed by atoms with Crippen LogP contribution in [0.3, 0.4) is 0 Å². The lowest BCUT2D eigenvalue weighted by Gasteiger charge is -2.29. The first-order valence-electron chi connectivity index (χ1n) is 5.40. The van der Waals surface area contributed by atoms with E-state index in [2.05, 4.69) is 0 Å². The van der Waals surface area contributed by atoms with Gasteiger partial charge in [-0.25, -0.2) is 13.2 Å². The smallest absolute Gasteiger partial charge is 0.352 e. The summed E-state index contributed by atoms with van der Waals surface area (Å²) in [5.74, 6) is -1.11. The van der Waals surface area contributed by atoms with Gasteiger partial charge in [-0.2, -0.15) is 4.31 Å². The van der Waals surface area contributed by atoms with Crippen LogP contribution in [0.4, 0.5) is 0 Å². The molecular weight excluding hydrogens is 244 g/mol. The standard InChI is InChI=1S/C10H14N2O4S/c1-2-11-7-8(6-9(11)10(13)14)17(15,16)12-4-3-5-12/h6-7H,2-5H2,1H3,(H,13,14). The second kappa shape index (κ2) is 4.15. The van der Waals surface area contributed by atoms with Crippen LogP contribution in [0.15, 0.2) is 17.2 Å².